The molecule has 0 heterocycles. The number of thiocarbonyl (C=S) groups is 1. The van der Waals surface area contributed by atoms with Crippen LogP contribution in [-0.4, -0.2) is 4.99 Å². The van der Waals surface area contributed by atoms with Crippen LogP contribution in [-0.2, 0) is 11.8 Å². The van der Waals surface area contributed by atoms with E-state index in [4.69, 9.17) is 18.0 Å². The van der Waals surface area contributed by atoms with Crippen LogP contribution < -0.4 is 5.73 Å². The molecule has 0 amide bonds. The smallest absolute Gasteiger partial charge is 0.0787 e. The van der Waals surface area contributed by atoms with Gasteiger partial charge in [-0.1, -0.05) is 86.7 Å². The molecule has 1 nitrogen and oxygen atoms in total. The highest BCUT2D eigenvalue weighted by atomic mass is 32.1. The maximum atomic E-state index is 6.32. The van der Waals surface area contributed by atoms with Crippen LogP contribution in [0.3, 0.4) is 0 Å². The van der Waals surface area contributed by atoms with Crippen molar-refractivity contribution in [3.63, 3.8) is 0 Å². The van der Waals surface area contributed by atoms with Gasteiger partial charge in [0.1, 0.15) is 0 Å². The molecular formula is C26H33NS. The van der Waals surface area contributed by atoms with Gasteiger partial charge in [-0.15, -0.1) is 0 Å². The Bertz CT molecular complexity index is 813. The van der Waals surface area contributed by atoms with Crippen LogP contribution in [0.15, 0.2) is 60.7 Å². The first-order valence-electron chi connectivity index (χ1n) is 10.8. The third kappa shape index (κ3) is 3.64. The van der Waals surface area contributed by atoms with Crippen molar-refractivity contribution in [2.45, 2.75) is 57.8 Å². The Labute approximate surface area is 175 Å². The minimum absolute atomic E-state index is 0.0285. The largest absolute Gasteiger partial charge is 0.393 e. The molecule has 4 rings (SSSR count). The molecule has 0 radical (unpaired) electrons. The molecule has 2 aromatic rings. The van der Waals surface area contributed by atoms with Crippen molar-refractivity contribution >= 4 is 17.2 Å². The summed E-state index contributed by atoms with van der Waals surface area (Å²) in [7, 11) is 0. The van der Waals surface area contributed by atoms with Crippen molar-refractivity contribution in [3.8, 4) is 0 Å². The zero-order chi connectivity index (χ0) is 19.8. The number of hydrogen-bond donors (Lipinski definition) is 1. The van der Waals surface area contributed by atoms with Gasteiger partial charge in [0.05, 0.1) is 4.99 Å². The summed E-state index contributed by atoms with van der Waals surface area (Å²) in [5.41, 5.74) is 9.47. The van der Waals surface area contributed by atoms with Crippen molar-refractivity contribution in [1.29, 1.82) is 0 Å². The summed E-state index contributed by atoms with van der Waals surface area (Å²) in [6, 6.07) is 22.1. The molecule has 2 saturated carbocycles. The second-order valence-corrected chi connectivity index (χ2v) is 10.2. The lowest BCUT2D eigenvalue weighted by atomic mass is 9.47. The van der Waals surface area contributed by atoms with Crippen LogP contribution in [0, 0.1) is 23.2 Å². The van der Waals surface area contributed by atoms with E-state index in [-0.39, 0.29) is 10.8 Å². The lowest BCUT2D eigenvalue weighted by Crippen LogP contribution is -2.53. The second-order valence-electron chi connectivity index (χ2n) is 9.79. The first kappa shape index (κ1) is 19.6. The third-order valence-electron chi connectivity index (χ3n) is 7.73. The van der Waals surface area contributed by atoms with Gasteiger partial charge >= 0.3 is 0 Å². The van der Waals surface area contributed by atoms with Gasteiger partial charge in [0, 0.05) is 5.41 Å². The van der Waals surface area contributed by atoms with Crippen LogP contribution in [0.25, 0.3) is 0 Å². The summed E-state index contributed by atoms with van der Waals surface area (Å²) in [6.07, 6.45) is 7.25. The maximum Gasteiger partial charge on any atom is 0.0787 e. The van der Waals surface area contributed by atoms with Crippen LogP contribution >= 0.6 is 12.2 Å². The van der Waals surface area contributed by atoms with Gasteiger partial charge in [0.15, 0.2) is 0 Å². The SMILES string of the molecule is CC1CC2(c3ccccc3)CC(CC(C)(C(N)=S)C2)C1CCc1ccccc1. The standard InChI is InChI=1S/C26H33NS/c1-19-15-26(22-11-7-4-8-12-22)17-21(16-25(2,18-26)24(27)28)23(19)14-13-20-9-5-3-6-10-20/h3-12,19,21,23H,13-18H2,1-2H3,(H2,27,28). The predicted molar refractivity (Wildman–Crippen MR) is 122 cm³/mol. The summed E-state index contributed by atoms with van der Waals surface area (Å²) < 4.78 is 0. The maximum absolute atomic E-state index is 6.32. The van der Waals surface area contributed by atoms with Crippen LogP contribution in [0.2, 0.25) is 0 Å². The van der Waals surface area contributed by atoms with E-state index >= 15 is 0 Å². The molecule has 2 N–H and O–H groups in total. The van der Waals surface area contributed by atoms with Gasteiger partial charge < -0.3 is 5.73 Å². The van der Waals surface area contributed by atoms with E-state index in [1.54, 1.807) is 0 Å². The molecule has 0 aromatic heterocycles. The van der Waals surface area contributed by atoms with E-state index in [1.807, 2.05) is 0 Å². The van der Waals surface area contributed by atoms with E-state index in [1.165, 1.54) is 36.8 Å². The molecule has 2 aliphatic rings. The first-order chi connectivity index (χ1) is 13.4. The number of rotatable bonds is 5. The van der Waals surface area contributed by atoms with Gasteiger partial charge in [0.2, 0.25) is 0 Å². The van der Waals surface area contributed by atoms with Crippen molar-refractivity contribution in [1.82, 2.24) is 0 Å². The Morgan fingerprint density at radius 2 is 1.64 bits per heavy atom. The van der Waals surface area contributed by atoms with Crippen molar-refractivity contribution in [2.24, 2.45) is 28.9 Å². The van der Waals surface area contributed by atoms with E-state index < -0.39 is 0 Å². The number of fused-ring (bicyclic) bond motifs is 2. The van der Waals surface area contributed by atoms with Crippen molar-refractivity contribution in [3.05, 3.63) is 71.8 Å². The molecular weight excluding hydrogens is 358 g/mol. The number of aryl methyl sites for hydroxylation is 1. The molecule has 28 heavy (non-hydrogen) atoms. The van der Waals surface area contributed by atoms with Crippen LogP contribution in [0.4, 0.5) is 0 Å². The zero-order valence-electron chi connectivity index (χ0n) is 17.2. The van der Waals surface area contributed by atoms with Crippen molar-refractivity contribution in [2.75, 3.05) is 0 Å². The molecule has 2 aromatic carbocycles. The lowest BCUT2D eigenvalue weighted by Gasteiger charge is -2.57. The second kappa shape index (κ2) is 7.63. The fourth-order valence-corrected chi connectivity index (χ4v) is 6.71. The van der Waals surface area contributed by atoms with Gasteiger partial charge in [0.25, 0.3) is 0 Å². The lowest BCUT2D eigenvalue weighted by molar-refractivity contribution is 0.000989. The highest BCUT2D eigenvalue weighted by molar-refractivity contribution is 7.80. The Balaban J connectivity index is 1.63. The van der Waals surface area contributed by atoms with Crippen LogP contribution in [0.5, 0.6) is 0 Å². The minimum Gasteiger partial charge on any atom is -0.393 e. The van der Waals surface area contributed by atoms with E-state index in [9.17, 15) is 0 Å². The normalized spacial score (nSPS) is 34.7. The summed E-state index contributed by atoms with van der Waals surface area (Å²) in [4.78, 5) is 0.717. The molecule has 2 bridgehead atoms. The summed E-state index contributed by atoms with van der Waals surface area (Å²) in [5, 5.41) is 0. The zero-order valence-corrected chi connectivity index (χ0v) is 18.1. The summed E-state index contributed by atoms with van der Waals surface area (Å²) in [5.74, 6) is 2.19. The molecule has 148 valence electrons. The molecule has 5 unspecified atom stereocenters. The van der Waals surface area contributed by atoms with Crippen molar-refractivity contribution < 1.29 is 0 Å². The quantitative estimate of drug-likeness (QED) is 0.605. The van der Waals surface area contributed by atoms with Gasteiger partial charge in [-0.2, -0.15) is 0 Å². The molecule has 0 spiro atoms. The Kier molecular flexibility index (Phi) is 5.35. The number of benzene rings is 2. The minimum atomic E-state index is -0.0285. The number of hydrogen-bond acceptors (Lipinski definition) is 1. The van der Waals surface area contributed by atoms with E-state index in [2.05, 4.69) is 74.5 Å². The Morgan fingerprint density at radius 3 is 2.29 bits per heavy atom. The summed E-state index contributed by atoms with van der Waals surface area (Å²) >= 11 is 5.59. The molecule has 0 aliphatic heterocycles. The van der Waals surface area contributed by atoms with E-state index in [0.717, 1.165) is 24.7 Å². The molecule has 2 aliphatic carbocycles. The van der Waals surface area contributed by atoms with E-state index in [0.29, 0.717) is 10.9 Å². The van der Waals surface area contributed by atoms with Gasteiger partial charge in [-0.3, -0.25) is 0 Å². The first-order valence-corrected chi connectivity index (χ1v) is 11.2. The Hall–Kier alpha value is -1.67. The summed E-state index contributed by atoms with van der Waals surface area (Å²) in [6.45, 7) is 4.81. The molecule has 2 fully saturated rings. The monoisotopic (exact) mass is 391 g/mol. The average Bonchev–Trinajstić information content (AvgIpc) is 2.68. The topological polar surface area (TPSA) is 26.0 Å². The Morgan fingerprint density at radius 1 is 1.00 bits per heavy atom. The molecule has 0 saturated heterocycles. The van der Waals surface area contributed by atoms with Gasteiger partial charge in [-0.05, 0) is 72.8 Å². The predicted octanol–water partition coefficient (Wildman–Crippen LogP) is 6.31. The third-order valence-corrected chi connectivity index (χ3v) is 8.23. The van der Waals surface area contributed by atoms with Gasteiger partial charge in [-0.25, -0.2) is 0 Å². The molecule has 2 heteroatoms. The highest BCUT2D eigenvalue weighted by Crippen LogP contribution is 2.60. The number of nitrogens with two attached hydrogens (primary N) is 1. The average molecular weight is 392 g/mol. The fraction of sp³-hybridized carbons (Fsp3) is 0.500. The fourth-order valence-electron chi connectivity index (χ4n) is 6.55. The molecule has 5 atom stereocenters. The van der Waals surface area contributed by atoms with Crippen LogP contribution in [0.1, 0.15) is 57.1 Å². The highest BCUT2D eigenvalue weighted by Gasteiger charge is 2.54.